The summed E-state index contributed by atoms with van der Waals surface area (Å²) in [6, 6.07) is 4.91. The lowest BCUT2D eigenvalue weighted by atomic mass is 10.1. The number of hydrogen-bond acceptors (Lipinski definition) is 6. The highest BCUT2D eigenvalue weighted by Crippen LogP contribution is 2.39. The summed E-state index contributed by atoms with van der Waals surface area (Å²) in [6.07, 6.45) is 5.81. The Morgan fingerprint density at radius 2 is 2.12 bits per heavy atom. The van der Waals surface area contributed by atoms with Crippen LogP contribution >= 0.6 is 23.1 Å². The number of aromatic nitrogens is 2. The van der Waals surface area contributed by atoms with Gasteiger partial charge in [0.2, 0.25) is 0 Å². The SMILES string of the molecule is Fc1ccc2c(c1)C(=NNc1ncnc3sc4c(c13)CCC4)CCS2. The van der Waals surface area contributed by atoms with Crippen molar-refractivity contribution >= 4 is 44.8 Å². The minimum Gasteiger partial charge on any atom is -0.260 e. The van der Waals surface area contributed by atoms with Crippen LogP contribution < -0.4 is 5.43 Å². The second-order valence-electron chi connectivity index (χ2n) is 6.17. The molecule has 0 saturated carbocycles. The van der Waals surface area contributed by atoms with Gasteiger partial charge >= 0.3 is 0 Å². The van der Waals surface area contributed by atoms with Crippen molar-refractivity contribution in [3.8, 4) is 0 Å². The Morgan fingerprint density at radius 3 is 3.08 bits per heavy atom. The summed E-state index contributed by atoms with van der Waals surface area (Å²) in [6.45, 7) is 0. The molecule has 1 aliphatic carbocycles. The molecule has 0 radical (unpaired) electrons. The molecule has 1 N–H and O–H groups in total. The molecule has 0 fully saturated rings. The number of anilines is 1. The molecule has 5 rings (SSSR count). The van der Waals surface area contributed by atoms with Gasteiger partial charge in [-0.15, -0.1) is 23.1 Å². The number of nitrogens with zero attached hydrogens (tertiary/aromatic N) is 3. The van der Waals surface area contributed by atoms with Gasteiger partial charge in [0.1, 0.15) is 17.0 Å². The van der Waals surface area contributed by atoms with E-state index in [2.05, 4.69) is 20.5 Å². The van der Waals surface area contributed by atoms with Crippen LogP contribution in [-0.2, 0) is 12.8 Å². The minimum atomic E-state index is -0.228. The van der Waals surface area contributed by atoms with Gasteiger partial charge in [-0.1, -0.05) is 0 Å². The number of nitrogens with one attached hydrogen (secondary N) is 1. The Kier molecular flexibility index (Phi) is 3.71. The number of hydrazone groups is 1. The number of halogens is 1. The zero-order valence-electron chi connectivity index (χ0n) is 13.4. The van der Waals surface area contributed by atoms with Crippen LogP contribution in [0.2, 0.25) is 0 Å². The Labute approximate surface area is 152 Å². The molecule has 0 spiro atoms. The summed E-state index contributed by atoms with van der Waals surface area (Å²) in [4.78, 5) is 12.4. The Balaban J connectivity index is 1.55. The Hall–Kier alpha value is -1.99. The molecule has 126 valence electrons. The molecule has 2 aliphatic rings. The number of benzene rings is 1. The van der Waals surface area contributed by atoms with Crippen LogP contribution in [0, 0.1) is 5.82 Å². The topological polar surface area (TPSA) is 50.2 Å². The predicted octanol–water partition coefficient (Wildman–Crippen LogP) is 4.63. The van der Waals surface area contributed by atoms with Crippen LogP contribution in [0.25, 0.3) is 10.2 Å². The van der Waals surface area contributed by atoms with Gasteiger partial charge in [0.15, 0.2) is 5.82 Å². The molecule has 0 saturated heterocycles. The third-order valence-corrected chi connectivity index (χ3v) is 6.92. The maximum Gasteiger partial charge on any atom is 0.158 e. The molecule has 1 aliphatic heterocycles. The van der Waals surface area contributed by atoms with Gasteiger partial charge in [0, 0.05) is 27.5 Å². The monoisotopic (exact) mass is 370 g/mol. The van der Waals surface area contributed by atoms with Crippen molar-refractivity contribution in [2.24, 2.45) is 5.10 Å². The summed E-state index contributed by atoms with van der Waals surface area (Å²) < 4.78 is 13.6. The molecule has 0 atom stereocenters. The molecule has 0 amide bonds. The van der Waals surface area contributed by atoms with Crippen LogP contribution in [-0.4, -0.2) is 21.4 Å². The third-order valence-electron chi connectivity index (χ3n) is 4.65. The molecule has 0 bridgehead atoms. The lowest BCUT2D eigenvalue weighted by Gasteiger charge is -2.17. The molecular formula is C18H15FN4S2. The maximum atomic E-state index is 13.6. The number of aryl methyl sites for hydroxylation is 2. The van der Waals surface area contributed by atoms with Crippen LogP contribution in [0.1, 0.15) is 28.8 Å². The highest BCUT2D eigenvalue weighted by Gasteiger charge is 2.22. The fourth-order valence-electron chi connectivity index (χ4n) is 3.50. The molecule has 0 unspecified atom stereocenters. The zero-order chi connectivity index (χ0) is 16.8. The van der Waals surface area contributed by atoms with Crippen molar-refractivity contribution in [1.29, 1.82) is 0 Å². The molecular weight excluding hydrogens is 355 g/mol. The van der Waals surface area contributed by atoms with Crippen LogP contribution in [0.4, 0.5) is 10.2 Å². The van der Waals surface area contributed by atoms with Gasteiger partial charge in [-0.05, 0) is 43.0 Å². The van der Waals surface area contributed by atoms with E-state index in [1.807, 2.05) is 6.07 Å². The van der Waals surface area contributed by atoms with Crippen LogP contribution in [0.15, 0.2) is 34.5 Å². The van der Waals surface area contributed by atoms with E-state index in [4.69, 9.17) is 0 Å². The maximum absolute atomic E-state index is 13.6. The molecule has 4 nitrogen and oxygen atoms in total. The van der Waals surface area contributed by atoms with Crippen molar-refractivity contribution in [3.63, 3.8) is 0 Å². The number of thioether (sulfide) groups is 1. The minimum absolute atomic E-state index is 0.228. The van der Waals surface area contributed by atoms with Crippen molar-refractivity contribution in [2.45, 2.75) is 30.6 Å². The van der Waals surface area contributed by atoms with Crippen molar-refractivity contribution in [1.82, 2.24) is 9.97 Å². The lowest BCUT2D eigenvalue weighted by Crippen LogP contribution is -2.12. The smallest absolute Gasteiger partial charge is 0.158 e. The van der Waals surface area contributed by atoms with E-state index >= 15 is 0 Å². The fraction of sp³-hybridized carbons (Fsp3) is 0.278. The summed E-state index contributed by atoms with van der Waals surface area (Å²) in [5, 5.41) is 5.70. The van der Waals surface area contributed by atoms with Crippen LogP contribution in [0.3, 0.4) is 0 Å². The van der Waals surface area contributed by atoms with E-state index in [0.717, 1.165) is 57.2 Å². The number of hydrogen-bond donors (Lipinski definition) is 1. The summed E-state index contributed by atoms with van der Waals surface area (Å²) in [5.41, 5.74) is 6.28. The van der Waals surface area contributed by atoms with Crippen molar-refractivity contribution in [3.05, 3.63) is 46.3 Å². The number of rotatable bonds is 2. The highest BCUT2D eigenvalue weighted by atomic mass is 32.2. The van der Waals surface area contributed by atoms with Gasteiger partial charge in [-0.3, -0.25) is 5.43 Å². The predicted molar refractivity (Wildman–Crippen MR) is 101 cm³/mol. The van der Waals surface area contributed by atoms with E-state index in [9.17, 15) is 4.39 Å². The second kappa shape index (κ2) is 6.07. The first-order valence-electron chi connectivity index (χ1n) is 8.30. The normalized spacial score (nSPS) is 17.7. The van der Waals surface area contributed by atoms with E-state index in [1.165, 1.54) is 22.9 Å². The van der Waals surface area contributed by atoms with E-state index in [-0.39, 0.29) is 5.82 Å². The van der Waals surface area contributed by atoms with Gasteiger partial charge in [-0.2, -0.15) is 5.10 Å². The van der Waals surface area contributed by atoms with Gasteiger partial charge in [0.25, 0.3) is 0 Å². The quantitative estimate of drug-likeness (QED) is 0.668. The van der Waals surface area contributed by atoms with Gasteiger partial charge in [0.05, 0.1) is 11.1 Å². The number of fused-ring (bicyclic) bond motifs is 4. The summed E-state index contributed by atoms with van der Waals surface area (Å²) in [5.74, 6) is 1.48. The number of thiophene rings is 1. The highest BCUT2D eigenvalue weighted by molar-refractivity contribution is 7.99. The Morgan fingerprint density at radius 1 is 1.16 bits per heavy atom. The standard InChI is InChI=1S/C18H15FN4S2/c19-10-4-5-14-12(8-10)13(6-7-24-14)22-23-17-16-11-2-1-3-15(11)25-18(16)21-9-20-17/h4-5,8-9H,1-3,6-7H2,(H,20,21,23). The van der Waals surface area contributed by atoms with Crippen molar-refractivity contribution in [2.75, 3.05) is 11.2 Å². The summed E-state index contributed by atoms with van der Waals surface area (Å²) in [7, 11) is 0. The van der Waals surface area contributed by atoms with E-state index in [1.54, 1.807) is 35.5 Å². The molecule has 3 aromatic rings. The van der Waals surface area contributed by atoms with E-state index < -0.39 is 0 Å². The first-order valence-corrected chi connectivity index (χ1v) is 10.1. The molecule has 3 heterocycles. The zero-order valence-corrected chi connectivity index (χ0v) is 15.0. The molecule has 7 heteroatoms. The average molecular weight is 370 g/mol. The summed E-state index contributed by atoms with van der Waals surface area (Å²) >= 11 is 3.50. The average Bonchev–Trinajstić information content (AvgIpc) is 3.20. The molecule has 1 aromatic carbocycles. The fourth-order valence-corrected chi connectivity index (χ4v) is 5.74. The first-order chi connectivity index (χ1) is 12.3. The lowest BCUT2D eigenvalue weighted by molar-refractivity contribution is 0.626. The molecule has 25 heavy (non-hydrogen) atoms. The van der Waals surface area contributed by atoms with Crippen LogP contribution in [0.5, 0.6) is 0 Å². The van der Waals surface area contributed by atoms with E-state index in [0.29, 0.717) is 0 Å². The molecule has 2 aromatic heterocycles. The Bertz CT molecular complexity index is 1010. The van der Waals surface area contributed by atoms with Crippen molar-refractivity contribution < 1.29 is 4.39 Å². The third kappa shape index (κ3) is 2.62. The van der Waals surface area contributed by atoms with Gasteiger partial charge < -0.3 is 0 Å². The second-order valence-corrected chi connectivity index (χ2v) is 8.39. The largest absolute Gasteiger partial charge is 0.260 e. The first kappa shape index (κ1) is 15.3. The van der Waals surface area contributed by atoms with Gasteiger partial charge in [-0.25, -0.2) is 14.4 Å².